The van der Waals surface area contributed by atoms with E-state index < -0.39 is 0 Å². The van der Waals surface area contributed by atoms with Crippen molar-refractivity contribution in [1.29, 1.82) is 0 Å². The zero-order chi connectivity index (χ0) is 14.9. The van der Waals surface area contributed by atoms with Crippen molar-refractivity contribution >= 4 is 5.91 Å². The SMILES string of the molecule is CCC1C[C@@H](C)N(C(=O)C(C)C2CC(C)OC(C)C2)C1. The fourth-order valence-corrected chi connectivity index (χ4v) is 4.07. The number of carbonyl (C=O) groups is 1. The Bertz CT molecular complexity index is 334. The fourth-order valence-electron chi connectivity index (χ4n) is 4.07. The Morgan fingerprint density at radius 2 is 1.80 bits per heavy atom. The quantitative estimate of drug-likeness (QED) is 0.792. The predicted octanol–water partition coefficient (Wildman–Crippen LogP) is 3.47. The topological polar surface area (TPSA) is 29.5 Å². The third-order valence-electron chi connectivity index (χ3n) is 5.35. The van der Waals surface area contributed by atoms with Crippen LogP contribution in [-0.4, -0.2) is 35.6 Å². The van der Waals surface area contributed by atoms with Gasteiger partial charge in [0.2, 0.25) is 5.91 Å². The molecule has 0 aromatic rings. The van der Waals surface area contributed by atoms with Crippen LogP contribution in [-0.2, 0) is 9.53 Å². The molecule has 0 saturated carbocycles. The van der Waals surface area contributed by atoms with Crippen molar-refractivity contribution in [2.75, 3.05) is 6.54 Å². The monoisotopic (exact) mass is 281 g/mol. The van der Waals surface area contributed by atoms with Gasteiger partial charge in [-0.25, -0.2) is 0 Å². The molecule has 0 aliphatic carbocycles. The molecule has 20 heavy (non-hydrogen) atoms. The zero-order valence-corrected chi connectivity index (χ0v) is 13.8. The lowest BCUT2D eigenvalue weighted by Gasteiger charge is -2.36. The third-order valence-corrected chi connectivity index (χ3v) is 5.35. The van der Waals surface area contributed by atoms with Crippen LogP contribution in [0.5, 0.6) is 0 Å². The molecule has 5 atom stereocenters. The van der Waals surface area contributed by atoms with Crippen LogP contribution >= 0.6 is 0 Å². The van der Waals surface area contributed by atoms with E-state index in [0.717, 1.165) is 19.4 Å². The number of hydrogen-bond acceptors (Lipinski definition) is 2. The molecular weight excluding hydrogens is 250 g/mol. The molecule has 116 valence electrons. The number of rotatable bonds is 3. The van der Waals surface area contributed by atoms with Gasteiger partial charge in [-0.15, -0.1) is 0 Å². The van der Waals surface area contributed by atoms with Crippen molar-refractivity contribution in [3.8, 4) is 0 Å². The predicted molar refractivity (Wildman–Crippen MR) is 81.5 cm³/mol. The molecule has 0 N–H and O–H groups in total. The largest absolute Gasteiger partial charge is 0.376 e. The molecular formula is C17H31NO2. The maximum absolute atomic E-state index is 12.8. The van der Waals surface area contributed by atoms with Crippen LogP contribution in [0, 0.1) is 17.8 Å². The maximum atomic E-state index is 12.8. The van der Waals surface area contributed by atoms with Crippen LogP contribution in [0.4, 0.5) is 0 Å². The molecule has 0 spiro atoms. The van der Waals surface area contributed by atoms with E-state index >= 15 is 0 Å². The smallest absolute Gasteiger partial charge is 0.225 e. The summed E-state index contributed by atoms with van der Waals surface area (Å²) >= 11 is 0. The van der Waals surface area contributed by atoms with Gasteiger partial charge < -0.3 is 9.64 Å². The highest BCUT2D eigenvalue weighted by Crippen LogP contribution is 2.34. The highest BCUT2D eigenvalue weighted by atomic mass is 16.5. The first-order chi connectivity index (χ1) is 9.42. The van der Waals surface area contributed by atoms with Gasteiger partial charge in [0.15, 0.2) is 0 Å². The van der Waals surface area contributed by atoms with Gasteiger partial charge in [0.1, 0.15) is 0 Å². The molecule has 2 rings (SSSR count). The lowest BCUT2D eigenvalue weighted by molar-refractivity contribution is -0.140. The van der Waals surface area contributed by atoms with Crippen molar-refractivity contribution in [2.24, 2.45) is 17.8 Å². The number of likely N-dealkylation sites (tertiary alicyclic amines) is 1. The lowest BCUT2D eigenvalue weighted by atomic mass is 9.82. The molecule has 0 radical (unpaired) electrons. The summed E-state index contributed by atoms with van der Waals surface area (Å²) in [6, 6.07) is 0.421. The van der Waals surface area contributed by atoms with Gasteiger partial charge in [-0.05, 0) is 51.9 Å². The van der Waals surface area contributed by atoms with Crippen LogP contribution in [0.3, 0.4) is 0 Å². The number of ether oxygens (including phenoxy) is 1. The molecule has 2 heterocycles. The Kier molecular flexibility index (Phi) is 5.11. The van der Waals surface area contributed by atoms with E-state index in [-0.39, 0.29) is 5.92 Å². The van der Waals surface area contributed by atoms with E-state index in [0.29, 0.717) is 36.0 Å². The van der Waals surface area contributed by atoms with Gasteiger partial charge in [-0.3, -0.25) is 4.79 Å². The van der Waals surface area contributed by atoms with E-state index in [1.54, 1.807) is 0 Å². The minimum Gasteiger partial charge on any atom is -0.376 e. The van der Waals surface area contributed by atoms with Crippen molar-refractivity contribution < 1.29 is 9.53 Å². The zero-order valence-electron chi connectivity index (χ0n) is 13.8. The third kappa shape index (κ3) is 3.36. The molecule has 2 fully saturated rings. The molecule has 1 amide bonds. The van der Waals surface area contributed by atoms with Crippen LogP contribution in [0.1, 0.15) is 60.3 Å². The highest BCUT2D eigenvalue weighted by molar-refractivity contribution is 5.79. The van der Waals surface area contributed by atoms with Crippen molar-refractivity contribution in [1.82, 2.24) is 4.90 Å². The Balaban J connectivity index is 1.98. The summed E-state index contributed by atoms with van der Waals surface area (Å²) in [4.78, 5) is 15.0. The second-order valence-corrected chi connectivity index (χ2v) is 7.13. The highest BCUT2D eigenvalue weighted by Gasteiger charge is 2.38. The van der Waals surface area contributed by atoms with Gasteiger partial charge in [0.05, 0.1) is 12.2 Å². The Hall–Kier alpha value is -0.570. The van der Waals surface area contributed by atoms with E-state index in [9.17, 15) is 4.79 Å². The minimum absolute atomic E-state index is 0.141. The first kappa shape index (κ1) is 15.8. The maximum Gasteiger partial charge on any atom is 0.225 e. The first-order valence-corrected chi connectivity index (χ1v) is 8.38. The van der Waals surface area contributed by atoms with Crippen LogP contribution in [0.2, 0.25) is 0 Å². The summed E-state index contributed by atoms with van der Waals surface area (Å²) in [5.74, 6) is 1.70. The summed E-state index contributed by atoms with van der Waals surface area (Å²) in [6.45, 7) is 11.8. The first-order valence-electron chi connectivity index (χ1n) is 8.38. The molecule has 2 saturated heterocycles. The number of amides is 1. The number of hydrogen-bond donors (Lipinski definition) is 0. The van der Waals surface area contributed by atoms with Gasteiger partial charge >= 0.3 is 0 Å². The fraction of sp³-hybridized carbons (Fsp3) is 0.941. The van der Waals surface area contributed by atoms with E-state index in [4.69, 9.17) is 4.74 Å². The molecule has 3 heteroatoms. The summed E-state index contributed by atoms with van der Waals surface area (Å²) in [5.41, 5.74) is 0. The lowest BCUT2D eigenvalue weighted by Crippen LogP contribution is -2.43. The Labute approximate surface area is 124 Å². The minimum atomic E-state index is 0.141. The van der Waals surface area contributed by atoms with Crippen LogP contribution < -0.4 is 0 Å². The second kappa shape index (κ2) is 6.46. The normalized spacial score (nSPS) is 39.9. The van der Waals surface area contributed by atoms with Crippen LogP contribution in [0.25, 0.3) is 0 Å². The van der Waals surface area contributed by atoms with Gasteiger partial charge in [-0.1, -0.05) is 20.3 Å². The van der Waals surface area contributed by atoms with E-state index in [1.807, 2.05) is 0 Å². The van der Waals surface area contributed by atoms with Crippen LogP contribution in [0.15, 0.2) is 0 Å². The molecule has 4 unspecified atom stereocenters. The molecule has 3 nitrogen and oxygen atoms in total. The summed E-state index contributed by atoms with van der Waals surface area (Å²) in [7, 11) is 0. The van der Waals surface area contributed by atoms with Gasteiger partial charge in [-0.2, -0.15) is 0 Å². The summed E-state index contributed by atoms with van der Waals surface area (Å²) in [5, 5.41) is 0. The second-order valence-electron chi connectivity index (χ2n) is 7.13. The summed E-state index contributed by atoms with van der Waals surface area (Å²) < 4.78 is 5.80. The molecule has 0 aromatic heterocycles. The standard InChI is InChI=1S/C17H31NO2/c1-6-15-7-11(2)18(10-15)17(19)14(5)16-8-12(3)20-13(4)9-16/h11-16H,6-10H2,1-5H3/t11-,12?,13?,14?,15?,16?/m1/s1. The molecule has 0 aromatic carbocycles. The molecule has 0 bridgehead atoms. The van der Waals surface area contributed by atoms with Crippen molar-refractivity contribution in [3.05, 3.63) is 0 Å². The molecule has 2 aliphatic heterocycles. The van der Waals surface area contributed by atoms with Crippen molar-refractivity contribution in [2.45, 2.75) is 78.6 Å². The van der Waals surface area contributed by atoms with E-state index in [2.05, 4.69) is 39.5 Å². The Morgan fingerprint density at radius 1 is 1.20 bits per heavy atom. The average Bonchev–Trinajstić information content (AvgIpc) is 2.77. The number of nitrogens with zero attached hydrogens (tertiary/aromatic N) is 1. The van der Waals surface area contributed by atoms with Gasteiger partial charge in [0, 0.05) is 18.5 Å². The van der Waals surface area contributed by atoms with E-state index in [1.165, 1.54) is 12.8 Å². The van der Waals surface area contributed by atoms with Gasteiger partial charge in [0.25, 0.3) is 0 Å². The summed E-state index contributed by atoms with van der Waals surface area (Å²) in [6.07, 6.45) is 4.99. The number of carbonyl (C=O) groups excluding carboxylic acids is 1. The molecule has 2 aliphatic rings. The average molecular weight is 281 g/mol. The van der Waals surface area contributed by atoms with Crippen molar-refractivity contribution in [3.63, 3.8) is 0 Å². The Morgan fingerprint density at radius 3 is 2.30 bits per heavy atom.